The molecule has 1 heterocycles. The van der Waals surface area contributed by atoms with Crippen LogP contribution in [0.2, 0.25) is 0 Å². The number of para-hydroxylation sites is 2. The van der Waals surface area contributed by atoms with Gasteiger partial charge in [0.2, 0.25) is 11.8 Å². The highest BCUT2D eigenvalue weighted by Crippen LogP contribution is 2.33. The fraction of sp³-hybridized carbons (Fsp3) is 0.333. The number of anilines is 1. The van der Waals surface area contributed by atoms with Crippen LogP contribution in [-0.4, -0.2) is 25.0 Å². The zero-order valence-corrected chi connectivity index (χ0v) is 15.8. The Hall–Kier alpha value is -3.03. The van der Waals surface area contributed by atoms with Crippen molar-refractivity contribution in [2.45, 2.75) is 26.1 Å². The fourth-order valence-electron chi connectivity index (χ4n) is 3.22. The summed E-state index contributed by atoms with van der Waals surface area (Å²) < 4.78 is 43.4. The minimum absolute atomic E-state index is 0.0688. The number of halogens is 3. The number of ether oxygens (including phenoxy) is 1. The van der Waals surface area contributed by atoms with E-state index in [4.69, 9.17) is 4.74 Å². The Labute approximate surface area is 166 Å². The summed E-state index contributed by atoms with van der Waals surface area (Å²) in [5, 5.41) is 2.70. The van der Waals surface area contributed by atoms with Gasteiger partial charge in [-0.3, -0.25) is 9.59 Å². The number of hydrogen-bond donors (Lipinski definition) is 1. The van der Waals surface area contributed by atoms with Gasteiger partial charge in [-0.15, -0.1) is 0 Å². The molecule has 1 atom stereocenters. The summed E-state index contributed by atoms with van der Waals surface area (Å²) in [4.78, 5) is 26.4. The minimum Gasteiger partial charge on any atom is -0.492 e. The topological polar surface area (TPSA) is 58.6 Å². The molecule has 1 aliphatic heterocycles. The van der Waals surface area contributed by atoms with Crippen LogP contribution in [0.15, 0.2) is 48.5 Å². The molecule has 8 heteroatoms. The summed E-state index contributed by atoms with van der Waals surface area (Å²) in [5.74, 6) is -0.442. The molecule has 2 aromatic carbocycles. The second-order valence-electron chi connectivity index (χ2n) is 6.72. The van der Waals surface area contributed by atoms with E-state index >= 15 is 0 Å². The smallest absolute Gasteiger partial charge is 0.416 e. The summed E-state index contributed by atoms with van der Waals surface area (Å²) in [6.45, 7) is 2.62. The Morgan fingerprint density at radius 2 is 1.86 bits per heavy atom. The molecule has 2 aromatic rings. The van der Waals surface area contributed by atoms with Crippen molar-refractivity contribution in [2.24, 2.45) is 5.92 Å². The van der Waals surface area contributed by atoms with Crippen molar-refractivity contribution in [3.05, 3.63) is 59.7 Å². The molecule has 1 N–H and O–H groups in total. The lowest BCUT2D eigenvalue weighted by atomic mass is 10.1. The molecule has 0 aliphatic carbocycles. The number of carbonyl (C=O) groups excluding carboxylic acids is 2. The van der Waals surface area contributed by atoms with Gasteiger partial charge in [0.1, 0.15) is 5.75 Å². The molecule has 0 aromatic heterocycles. The molecular formula is C21H21F3N2O3. The van der Waals surface area contributed by atoms with Crippen molar-refractivity contribution in [3.63, 3.8) is 0 Å². The van der Waals surface area contributed by atoms with Crippen molar-refractivity contribution in [3.8, 4) is 5.75 Å². The van der Waals surface area contributed by atoms with Crippen molar-refractivity contribution < 1.29 is 27.5 Å². The van der Waals surface area contributed by atoms with Crippen LogP contribution in [-0.2, 0) is 22.3 Å². The number of alkyl halides is 3. The Morgan fingerprint density at radius 1 is 1.17 bits per heavy atom. The van der Waals surface area contributed by atoms with E-state index in [-0.39, 0.29) is 31.3 Å². The molecule has 0 unspecified atom stereocenters. The van der Waals surface area contributed by atoms with Crippen LogP contribution < -0.4 is 15.0 Å². The third-order valence-corrected chi connectivity index (χ3v) is 4.70. The van der Waals surface area contributed by atoms with E-state index in [2.05, 4.69) is 5.32 Å². The van der Waals surface area contributed by atoms with E-state index in [1.54, 1.807) is 18.2 Å². The lowest BCUT2D eigenvalue weighted by Crippen LogP contribution is -2.32. The minimum atomic E-state index is -4.40. The molecule has 0 radical (unpaired) electrons. The highest BCUT2D eigenvalue weighted by Gasteiger charge is 2.36. The summed E-state index contributed by atoms with van der Waals surface area (Å²) in [5.41, 5.74) is 0.434. The van der Waals surface area contributed by atoms with Gasteiger partial charge in [0.25, 0.3) is 0 Å². The van der Waals surface area contributed by atoms with E-state index in [0.717, 1.165) is 12.1 Å². The Kier molecular flexibility index (Phi) is 6.10. The molecule has 0 saturated carbocycles. The summed E-state index contributed by atoms with van der Waals surface area (Å²) in [6.07, 6.45) is -4.33. The molecule has 5 nitrogen and oxygen atoms in total. The second kappa shape index (κ2) is 8.55. The van der Waals surface area contributed by atoms with E-state index in [1.807, 2.05) is 13.0 Å². The first-order valence-corrected chi connectivity index (χ1v) is 9.25. The predicted molar refractivity (Wildman–Crippen MR) is 101 cm³/mol. The van der Waals surface area contributed by atoms with Gasteiger partial charge >= 0.3 is 6.18 Å². The number of benzene rings is 2. The Morgan fingerprint density at radius 3 is 2.52 bits per heavy atom. The summed E-state index contributed by atoms with van der Waals surface area (Å²) in [6, 6.07) is 11.8. The number of carbonyl (C=O) groups is 2. The fourth-order valence-corrected chi connectivity index (χ4v) is 3.22. The number of hydrogen-bond acceptors (Lipinski definition) is 3. The molecule has 2 amide bonds. The predicted octanol–water partition coefficient (Wildman–Crippen LogP) is 3.77. The third kappa shape index (κ3) is 4.88. The maximum atomic E-state index is 12.6. The van der Waals surface area contributed by atoms with E-state index in [9.17, 15) is 22.8 Å². The molecule has 29 heavy (non-hydrogen) atoms. The van der Waals surface area contributed by atoms with Crippen LogP contribution in [0.4, 0.5) is 18.9 Å². The monoisotopic (exact) mass is 406 g/mol. The lowest BCUT2D eigenvalue weighted by molar-refractivity contribution is -0.137. The largest absolute Gasteiger partial charge is 0.492 e. The van der Waals surface area contributed by atoms with Gasteiger partial charge in [0.05, 0.1) is 23.8 Å². The van der Waals surface area contributed by atoms with Crippen molar-refractivity contribution in [1.82, 2.24) is 5.32 Å². The van der Waals surface area contributed by atoms with Gasteiger partial charge in [-0.25, -0.2) is 0 Å². The second-order valence-corrected chi connectivity index (χ2v) is 6.72. The highest BCUT2D eigenvalue weighted by molar-refractivity contribution is 6.01. The molecule has 1 fully saturated rings. The molecule has 1 saturated heterocycles. The Bertz CT molecular complexity index is 881. The average molecular weight is 406 g/mol. The van der Waals surface area contributed by atoms with Gasteiger partial charge in [-0.1, -0.05) is 24.3 Å². The molecule has 3 rings (SSSR count). The highest BCUT2D eigenvalue weighted by atomic mass is 19.4. The normalized spacial score (nSPS) is 16.8. The number of amides is 2. The first kappa shape index (κ1) is 20.7. The molecular weight excluding hydrogens is 385 g/mol. The molecule has 0 spiro atoms. The van der Waals surface area contributed by atoms with Gasteiger partial charge < -0.3 is 15.0 Å². The van der Waals surface area contributed by atoms with Crippen molar-refractivity contribution in [2.75, 3.05) is 18.1 Å². The number of nitrogens with one attached hydrogen (secondary N) is 1. The first-order chi connectivity index (χ1) is 13.8. The van der Waals surface area contributed by atoms with Crippen LogP contribution in [0.1, 0.15) is 24.5 Å². The number of rotatable bonds is 6. The molecule has 154 valence electrons. The maximum Gasteiger partial charge on any atom is 0.416 e. The quantitative estimate of drug-likeness (QED) is 0.795. The Balaban J connectivity index is 1.61. The standard InChI is InChI=1S/C21H21F3N2O3/c1-2-29-18-6-4-3-5-17(18)26-13-15(11-19(26)27)20(28)25-12-14-7-9-16(10-8-14)21(22,23)24/h3-10,15H,2,11-13H2,1H3,(H,25,28)/t15-/m1/s1. The maximum absolute atomic E-state index is 12.6. The zero-order chi connectivity index (χ0) is 21.0. The van der Waals surface area contributed by atoms with Crippen molar-refractivity contribution >= 4 is 17.5 Å². The molecule has 1 aliphatic rings. The van der Waals surface area contributed by atoms with Gasteiger partial charge in [-0.2, -0.15) is 13.2 Å². The lowest BCUT2D eigenvalue weighted by Gasteiger charge is -2.20. The zero-order valence-electron chi connectivity index (χ0n) is 15.8. The van der Waals surface area contributed by atoms with E-state index < -0.39 is 17.7 Å². The van der Waals surface area contributed by atoms with E-state index in [1.165, 1.54) is 17.0 Å². The van der Waals surface area contributed by atoms with Gasteiger partial charge in [0.15, 0.2) is 0 Å². The van der Waals surface area contributed by atoms with E-state index in [0.29, 0.717) is 23.6 Å². The summed E-state index contributed by atoms with van der Waals surface area (Å²) >= 11 is 0. The number of nitrogens with zero attached hydrogens (tertiary/aromatic N) is 1. The van der Waals surface area contributed by atoms with Crippen LogP contribution in [0.3, 0.4) is 0 Å². The first-order valence-electron chi connectivity index (χ1n) is 9.25. The third-order valence-electron chi connectivity index (χ3n) is 4.70. The van der Waals surface area contributed by atoms with Gasteiger partial charge in [-0.05, 0) is 36.8 Å². The summed E-state index contributed by atoms with van der Waals surface area (Å²) in [7, 11) is 0. The van der Waals surface area contributed by atoms with Crippen LogP contribution in [0.5, 0.6) is 5.75 Å². The van der Waals surface area contributed by atoms with Crippen LogP contribution in [0.25, 0.3) is 0 Å². The molecule has 0 bridgehead atoms. The van der Waals surface area contributed by atoms with Gasteiger partial charge in [0, 0.05) is 19.5 Å². The average Bonchev–Trinajstić information content (AvgIpc) is 3.08. The van der Waals surface area contributed by atoms with Crippen molar-refractivity contribution in [1.29, 1.82) is 0 Å². The van der Waals surface area contributed by atoms with Crippen LogP contribution in [0, 0.1) is 5.92 Å². The van der Waals surface area contributed by atoms with Crippen LogP contribution >= 0.6 is 0 Å². The SMILES string of the molecule is CCOc1ccccc1N1C[C@H](C(=O)NCc2ccc(C(F)(F)F)cc2)CC1=O.